The number of rotatable bonds is 38. The van der Waals surface area contributed by atoms with Crippen molar-refractivity contribution in [2.24, 2.45) is 45.9 Å². The van der Waals surface area contributed by atoms with Gasteiger partial charge in [0.05, 0.1) is 18.4 Å². The minimum Gasteiger partial charge on any atom is -0.481 e. The fourth-order valence-corrected chi connectivity index (χ4v) is 11.0. The van der Waals surface area contributed by atoms with E-state index < -0.39 is 132 Å². The van der Waals surface area contributed by atoms with Crippen LogP contribution in [0.15, 0.2) is 35.3 Å². The number of nitrogens with two attached hydrogens (primary N) is 3. The number of nitrogens with zero attached hydrogens (tertiary/aromatic N) is 5. The quantitative estimate of drug-likeness (QED) is 0.0240. The monoisotopic (exact) mass is 1250 g/mol. The van der Waals surface area contributed by atoms with Crippen LogP contribution in [-0.2, 0) is 59.2 Å². The van der Waals surface area contributed by atoms with Crippen LogP contribution in [-0.4, -0.2) is 209 Å². The topological polar surface area (TPSA) is 404 Å². The van der Waals surface area contributed by atoms with E-state index in [1.807, 2.05) is 32.0 Å². The van der Waals surface area contributed by atoms with Crippen molar-refractivity contribution in [3.63, 3.8) is 0 Å². The third-order valence-electron chi connectivity index (χ3n) is 16.1. The first kappa shape index (κ1) is 75.8. The Morgan fingerprint density at radius 2 is 1.29 bits per heavy atom. The van der Waals surface area contributed by atoms with Gasteiger partial charge in [-0.05, 0) is 82.4 Å². The Kier molecular flexibility index (Phi) is 32.5. The molecule has 0 unspecified atom stereocenters. The Balaban J connectivity index is 1.90. The first-order valence-electron chi connectivity index (χ1n) is 31.6. The van der Waals surface area contributed by atoms with Crippen LogP contribution in [0, 0.1) is 23.7 Å². The number of carboxylic acid groups (broad SMARTS) is 1. The lowest BCUT2D eigenvalue weighted by Crippen LogP contribution is -2.61. The number of hydrogen-bond acceptors (Lipinski definition) is 14. The van der Waals surface area contributed by atoms with Crippen LogP contribution >= 0.6 is 0 Å². The van der Waals surface area contributed by atoms with Gasteiger partial charge < -0.3 is 78.9 Å². The highest BCUT2D eigenvalue weighted by atomic mass is 16.4. The number of primary amides is 1. The minimum absolute atomic E-state index is 0.00377. The molecule has 0 bridgehead atoms. The van der Waals surface area contributed by atoms with Gasteiger partial charge in [-0.15, -0.1) is 0 Å². The molecule has 0 aliphatic carbocycles. The lowest BCUT2D eigenvalue weighted by atomic mass is 9.95. The number of carboxylic acids is 1. The van der Waals surface area contributed by atoms with Crippen molar-refractivity contribution in [1.29, 1.82) is 0 Å². The maximum absolute atomic E-state index is 14.9. The molecule has 10 amide bonds. The molecule has 14 N–H and O–H groups in total. The van der Waals surface area contributed by atoms with Gasteiger partial charge in [0.25, 0.3) is 0 Å². The Morgan fingerprint density at radius 3 is 1.89 bits per heavy atom. The highest BCUT2D eigenvalue weighted by Crippen LogP contribution is 2.25. The lowest BCUT2D eigenvalue weighted by Gasteiger charge is -2.35. The fourth-order valence-electron chi connectivity index (χ4n) is 11.0. The van der Waals surface area contributed by atoms with E-state index in [0.29, 0.717) is 32.2 Å². The molecule has 2 aliphatic heterocycles. The number of aliphatic carboxylic acids is 1. The number of piperidine rings is 1. The van der Waals surface area contributed by atoms with Crippen molar-refractivity contribution < 1.29 is 63.0 Å². The number of β-amino-alcohol motifs (C(OH)–C–C–N with tert-alkyl or cyclic N) is 1. The Bertz CT molecular complexity index is 2550. The van der Waals surface area contributed by atoms with Gasteiger partial charge in [0.15, 0.2) is 5.96 Å². The Morgan fingerprint density at radius 1 is 0.697 bits per heavy atom. The number of hydrogen-bond donors (Lipinski definition) is 11. The number of guanidine groups is 1. The summed E-state index contributed by atoms with van der Waals surface area (Å²) < 4.78 is 0. The second-order valence-corrected chi connectivity index (χ2v) is 25.0. The van der Waals surface area contributed by atoms with Crippen molar-refractivity contribution >= 4 is 71.0 Å². The average molecular weight is 1250 g/mol. The second-order valence-electron chi connectivity index (χ2n) is 25.0. The zero-order valence-corrected chi connectivity index (χ0v) is 54.1. The zero-order chi connectivity index (χ0) is 66.7. The average Bonchev–Trinajstić information content (AvgIpc) is 4.17. The number of likely N-dealkylation sites (tertiary alicyclic amines) is 2. The molecule has 2 saturated heterocycles. The molecule has 2 heterocycles. The molecule has 11 atom stereocenters. The summed E-state index contributed by atoms with van der Waals surface area (Å²) in [6, 6.07) is -1.79. The molecular formula is C62H104N14O13. The zero-order valence-electron chi connectivity index (χ0n) is 54.1. The number of benzene rings is 1. The summed E-state index contributed by atoms with van der Waals surface area (Å²) in [5.74, 6) is -10.2. The molecular weight excluding hydrogens is 1150 g/mol. The molecule has 500 valence electrons. The van der Waals surface area contributed by atoms with Gasteiger partial charge in [0, 0.05) is 59.0 Å². The number of amides is 10. The number of carbonyl (C=O) groups excluding carboxylic acids is 10. The number of unbranched alkanes of at least 4 members (excludes halogenated alkanes) is 4. The molecule has 0 spiro atoms. The first-order chi connectivity index (χ1) is 42.0. The molecule has 1 aromatic rings. The van der Waals surface area contributed by atoms with Gasteiger partial charge in [0.2, 0.25) is 59.1 Å². The van der Waals surface area contributed by atoms with E-state index in [9.17, 15) is 63.0 Å². The third-order valence-corrected chi connectivity index (χ3v) is 16.1. The standard InChI is InChI=1S/C62H104N14O13/c1-11-13-14-15-19-26-50(78)75-28-21-24-41(34-75)54(82)68-44(31-40-22-17-16-18-23-40)56(84)71-47(36-73(8)9)58(86)70-46(29-37(3)4)60(88)76-35-42(77)32-49(76)61(89)74(10)48(30-38(5)6)59(87)69-45(33-51(79)80)57(85)67-43(25-20-27-66-62(64)65)55(83)72-52(53(63)81)39(7)12-2/h16-18,22-23,37-39,41-49,52,77H,11-15,19-21,24-36H2,1-10H3,(H2,63,81)(H,67,85)(H,68,82)(H,69,87)(H,70,86)(H,71,84)(H,72,83)(H,79,80)(H4,64,65,66)/t39-,41-,42+,43-,44-,45-,46-,47-,48-,49-,52-/m0/s1. The van der Waals surface area contributed by atoms with Crippen molar-refractivity contribution in [3.8, 4) is 0 Å². The Labute approximate surface area is 524 Å². The molecule has 27 heteroatoms. The van der Waals surface area contributed by atoms with Gasteiger partial charge in [-0.3, -0.25) is 57.7 Å². The van der Waals surface area contributed by atoms with E-state index in [-0.39, 0.29) is 88.4 Å². The molecule has 27 nitrogen and oxygen atoms in total. The second kappa shape index (κ2) is 38.2. The van der Waals surface area contributed by atoms with Crippen molar-refractivity contribution in [3.05, 3.63) is 35.9 Å². The molecule has 0 radical (unpaired) electrons. The summed E-state index contributed by atoms with van der Waals surface area (Å²) in [6.07, 6.45) is 4.66. The third kappa shape index (κ3) is 25.9. The summed E-state index contributed by atoms with van der Waals surface area (Å²) >= 11 is 0. The van der Waals surface area contributed by atoms with Gasteiger partial charge in [-0.2, -0.15) is 0 Å². The summed E-state index contributed by atoms with van der Waals surface area (Å²) in [5, 5.41) is 37.2. The van der Waals surface area contributed by atoms with Gasteiger partial charge in [-0.25, -0.2) is 0 Å². The Hall–Kier alpha value is -7.42. The van der Waals surface area contributed by atoms with Gasteiger partial charge >= 0.3 is 5.97 Å². The summed E-state index contributed by atoms with van der Waals surface area (Å²) in [5.41, 5.74) is 17.3. The van der Waals surface area contributed by atoms with E-state index in [1.165, 1.54) is 7.05 Å². The number of likely N-dealkylation sites (N-methyl/N-ethyl adjacent to an activating group) is 2. The van der Waals surface area contributed by atoms with E-state index in [2.05, 4.69) is 43.8 Å². The largest absolute Gasteiger partial charge is 0.481 e. The smallest absolute Gasteiger partial charge is 0.305 e. The number of nitrogens with one attached hydrogen (secondary N) is 6. The number of aliphatic hydroxyl groups is 1. The molecule has 3 rings (SSSR count). The first-order valence-corrected chi connectivity index (χ1v) is 31.6. The van der Waals surface area contributed by atoms with Crippen LogP contribution in [0.5, 0.6) is 0 Å². The summed E-state index contributed by atoms with van der Waals surface area (Å²) in [4.78, 5) is 163. The number of aliphatic hydroxyl groups excluding tert-OH is 1. The van der Waals surface area contributed by atoms with E-state index in [4.69, 9.17) is 17.2 Å². The van der Waals surface area contributed by atoms with Crippen LogP contribution in [0.1, 0.15) is 150 Å². The normalized spacial score (nSPS) is 18.5. The highest BCUT2D eigenvalue weighted by Gasteiger charge is 2.45. The predicted molar refractivity (Wildman–Crippen MR) is 335 cm³/mol. The molecule has 2 aliphatic rings. The molecule has 2 fully saturated rings. The lowest BCUT2D eigenvalue weighted by molar-refractivity contribution is -0.149. The van der Waals surface area contributed by atoms with E-state index in [0.717, 1.165) is 47.5 Å². The fraction of sp³-hybridized carbons (Fsp3) is 0.710. The van der Waals surface area contributed by atoms with Crippen LogP contribution in [0.2, 0.25) is 0 Å². The SMILES string of the molecule is CCCCCCCC(=O)N1CCC[C@H](C(=O)N[C@@H](Cc2ccccc2)C(=O)N[C@@H](CN(C)C)C(=O)N[C@@H](CC(C)C)C(=O)N2C[C@H](O)C[C@H]2C(=O)N(C)[C@@H](CC(C)C)C(=O)N[C@@H](CC(=O)O)C(=O)N[C@@H](CCCN=C(N)N)C(=O)N[C@H](C(N)=O)[C@@H](C)CC)C1. The van der Waals surface area contributed by atoms with Crippen molar-refractivity contribution in [2.75, 3.05) is 53.9 Å². The number of carbonyl (C=O) groups is 11. The van der Waals surface area contributed by atoms with Crippen molar-refractivity contribution in [1.82, 2.24) is 51.5 Å². The molecule has 89 heavy (non-hydrogen) atoms. The summed E-state index contributed by atoms with van der Waals surface area (Å²) in [7, 11) is 4.68. The van der Waals surface area contributed by atoms with Gasteiger partial charge in [-0.1, -0.05) is 111 Å². The molecule has 1 aromatic carbocycles. The van der Waals surface area contributed by atoms with Gasteiger partial charge in [0.1, 0.15) is 48.3 Å². The van der Waals surface area contributed by atoms with Crippen LogP contribution in [0.25, 0.3) is 0 Å². The highest BCUT2D eigenvalue weighted by molar-refractivity contribution is 5.99. The maximum atomic E-state index is 14.9. The molecule has 0 saturated carbocycles. The van der Waals surface area contributed by atoms with E-state index >= 15 is 0 Å². The maximum Gasteiger partial charge on any atom is 0.305 e. The summed E-state index contributed by atoms with van der Waals surface area (Å²) in [6.45, 7) is 13.2. The van der Waals surface area contributed by atoms with Crippen molar-refractivity contribution in [2.45, 2.75) is 206 Å². The minimum atomic E-state index is -1.81. The van der Waals surface area contributed by atoms with Crippen LogP contribution in [0.4, 0.5) is 0 Å². The predicted octanol–water partition coefficient (Wildman–Crippen LogP) is 0.239. The van der Waals surface area contributed by atoms with Crippen LogP contribution in [0.3, 0.4) is 0 Å². The number of aliphatic imine (C=N–C) groups is 1. The van der Waals surface area contributed by atoms with E-state index in [1.54, 1.807) is 63.7 Å². The van der Waals surface area contributed by atoms with Crippen LogP contribution < -0.4 is 49.1 Å². The molecule has 0 aromatic heterocycles.